The average molecular weight is 553 g/mol. The number of nitrogens with zero attached hydrogens (tertiary/aromatic N) is 3. The molecule has 12 heteroatoms. The van der Waals surface area contributed by atoms with Gasteiger partial charge in [0.2, 0.25) is 15.2 Å². The van der Waals surface area contributed by atoms with Crippen molar-refractivity contribution in [3.63, 3.8) is 0 Å². The standard InChI is InChI=1S/C22H15Cl2FN4O2S3/c23-14-5-1-12(2-6-14)18-11-32-22(27-18)29-19(13-3-7-15(25)8-4-13)10-17(28-29)16-9-20(24)33-21(16)34(26,30)31/h1-9,11,19H,10H2,(H2,26,30,31). The Labute approximate surface area is 213 Å². The number of benzene rings is 2. The Hall–Kier alpha value is -2.34. The van der Waals surface area contributed by atoms with E-state index in [4.69, 9.17) is 38.4 Å². The lowest BCUT2D eigenvalue weighted by atomic mass is 10.00. The molecule has 174 valence electrons. The number of nitrogens with two attached hydrogens (primary N) is 1. The summed E-state index contributed by atoms with van der Waals surface area (Å²) >= 11 is 14.4. The van der Waals surface area contributed by atoms with Gasteiger partial charge in [-0.3, -0.25) is 0 Å². The van der Waals surface area contributed by atoms with Gasteiger partial charge >= 0.3 is 0 Å². The molecule has 34 heavy (non-hydrogen) atoms. The number of aromatic nitrogens is 1. The molecule has 4 aromatic rings. The van der Waals surface area contributed by atoms with Crippen LogP contribution in [0, 0.1) is 5.82 Å². The fourth-order valence-electron chi connectivity index (χ4n) is 3.67. The Balaban J connectivity index is 1.58. The largest absolute Gasteiger partial charge is 0.248 e. The summed E-state index contributed by atoms with van der Waals surface area (Å²) in [6.07, 6.45) is 0.358. The zero-order valence-corrected chi connectivity index (χ0v) is 21.1. The highest BCUT2D eigenvalue weighted by molar-refractivity contribution is 7.91. The van der Waals surface area contributed by atoms with Gasteiger partial charge in [-0.25, -0.2) is 27.9 Å². The van der Waals surface area contributed by atoms with Gasteiger partial charge in [0.25, 0.3) is 0 Å². The Morgan fingerprint density at radius 3 is 2.47 bits per heavy atom. The molecule has 1 unspecified atom stereocenters. The lowest BCUT2D eigenvalue weighted by molar-refractivity contribution is 0.599. The summed E-state index contributed by atoms with van der Waals surface area (Å²) in [6.45, 7) is 0. The monoisotopic (exact) mass is 552 g/mol. The van der Waals surface area contributed by atoms with Gasteiger partial charge in [0, 0.05) is 28.0 Å². The maximum absolute atomic E-state index is 13.6. The van der Waals surface area contributed by atoms with Crippen LogP contribution in [-0.2, 0) is 10.0 Å². The highest BCUT2D eigenvalue weighted by Gasteiger charge is 2.34. The van der Waals surface area contributed by atoms with Crippen molar-refractivity contribution >= 4 is 66.7 Å². The zero-order chi connectivity index (χ0) is 24.0. The van der Waals surface area contributed by atoms with Crippen molar-refractivity contribution in [2.24, 2.45) is 10.2 Å². The van der Waals surface area contributed by atoms with Crippen molar-refractivity contribution in [2.75, 3.05) is 5.01 Å². The second-order valence-corrected chi connectivity index (χ2v) is 12.2. The smallest absolute Gasteiger partial charge is 0.231 e. The molecule has 0 aliphatic carbocycles. The van der Waals surface area contributed by atoms with E-state index in [0.29, 0.717) is 27.9 Å². The summed E-state index contributed by atoms with van der Waals surface area (Å²) < 4.78 is 38.1. The van der Waals surface area contributed by atoms with Gasteiger partial charge in [0.15, 0.2) is 0 Å². The topological polar surface area (TPSA) is 88.7 Å². The van der Waals surface area contributed by atoms with E-state index in [0.717, 1.165) is 28.2 Å². The first kappa shape index (κ1) is 23.4. The van der Waals surface area contributed by atoms with Crippen LogP contribution in [0.4, 0.5) is 9.52 Å². The van der Waals surface area contributed by atoms with E-state index in [1.807, 2.05) is 17.5 Å². The molecule has 1 atom stereocenters. The van der Waals surface area contributed by atoms with Crippen molar-refractivity contribution in [3.05, 3.63) is 86.3 Å². The van der Waals surface area contributed by atoms with Gasteiger partial charge in [-0.2, -0.15) is 5.10 Å². The number of thiophene rings is 1. The minimum absolute atomic E-state index is 0.0445. The van der Waals surface area contributed by atoms with E-state index in [-0.39, 0.29) is 20.4 Å². The molecule has 6 nitrogen and oxygen atoms in total. The number of hydrazone groups is 1. The quantitative estimate of drug-likeness (QED) is 0.313. The summed E-state index contributed by atoms with van der Waals surface area (Å²) in [6, 6.07) is 14.7. The minimum Gasteiger partial charge on any atom is -0.231 e. The number of rotatable bonds is 5. The Morgan fingerprint density at radius 1 is 1.09 bits per heavy atom. The lowest BCUT2D eigenvalue weighted by Gasteiger charge is -2.21. The minimum atomic E-state index is -3.99. The average Bonchev–Trinajstić information content (AvgIpc) is 3.52. The molecule has 0 radical (unpaired) electrons. The van der Waals surface area contributed by atoms with Crippen molar-refractivity contribution in [1.29, 1.82) is 0 Å². The van der Waals surface area contributed by atoms with Gasteiger partial charge in [-0.1, -0.05) is 47.5 Å². The fourth-order valence-corrected chi connectivity index (χ4v) is 6.97. The van der Waals surface area contributed by atoms with Gasteiger partial charge in [0.05, 0.1) is 21.8 Å². The molecule has 2 aromatic carbocycles. The van der Waals surface area contributed by atoms with Crippen LogP contribution in [0.1, 0.15) is 23.6 Å². The van der Waals surface area contributed by atoms with E-state index in [1.165, 1.54) is 23.5 Å². The first-order chi connectivity index (χ1) is 16.2. The van der Waals surface area contributed by atoms with Crippen LogP contribution in [0.2, 0.25) is 9.36 Å². The number of halogens is 3. The first-order valence-electron chi connectivity index (χ1n) is 9.85. The fraction of sp³-hybridized carbons (Fsp3) is 0.0909. The first-order valence-corrected chi connectivity index (χ1v) is 13.8. The molecule has 2 N–H and O–H groups in total. The van der Waals surface area contributed by atoms with Crippen molar-refractivity contribution in [2.45, 2.75) is 16.7 Å². The van der Waals surface area contributed by atoms with Crippen LogP contribution in [0.5, 0.6) is 0 Å². The molecule has 2 aromatic heterocycles. The van der Waals surface area contributed by atoms with E-state index in [1.54, 1.807) is 35.3 Å². The number of primary sulfonamides is 1. The Bertz CT molecular complexity index is 1500. The predicted molar refractivity (Wildman–Crippen MR) is 136 cm³/mol. The molecule has 3 heterocycles. The lowest BCUT2D eigenvalue weighted by Crippen LogP contribution is -2.18. The van der Waals surface area contributed by atoms with Gasteiger partial charge < -0.3 is 0 Å². The third-order valence-electron chi connectivity index (χ3n) is 5.23. The second-order valence-electron chi connectivity index (χ2n) is 7.48. The van der Waals surface area contributed by atoms with Crippen molar-refractivity contribution in [1.82, 2.24) is 4.98 Å². The van der Waals surface area contributed by atoms with Gasteiger partial charge in [-0.15, -0.1) is 22.7 Å². The third-order valence-corrected chi connectivity index (χ3v) is 9.06. The second kappa shape index (κ2) is 9.03. The summed E-state index contributed by atoms with van der Waals surface area (Å²) in [5, 5.41) is 15.0. The summed E-state index contributed by atoms with van der Waals surface area (Å²) in [4.78, 5) is 4.74. The Morgan fingerprint density at radius 2 is 1.79 bits per heavy atom. The maximum atomic E-state index is 13.6. The number of anilines is 1. The van der Waals surface area contributed by atoms with E-state index in [2.05, 4.69) is 0 Å². The van der Waals surface area contributed by atoms with Crippen molar-refractivity contribution in [3.8, 4) is 11.3 Å². The molecule has 0 bridgehead atoms. The van der Waals surface area contributed by atoms with Crippen LogP contribution >= 0.6 is 45.9 Å². The number of hydrogen-bond acceptors (Lipinski definition) is 7. The molecule has 5 rings (SSSR count). The van der Waals surface area contributed by atoms with Crippen LogP contribution in [0.25, 0.3) is 11.3 Å². The molecule has 1 aliphatic heterocycles. The molecule has 0 saturated heterocycles. The summed E-state index contributed by atoms with van der Waals surface area (Å²) in [5.74, 6) is -0.352. The molecule has 0 saturated carbocycles. The SMILES string of the molecule is NS(=O)(=O)c1sc(Cl)cc1C1=NN(c2nc(-c3ccc(Cl)cc3)cs2)C(c2ccc(F)cc2)C1. The highest BCUT2D eigenvalue weighted by atomic mass is 35.5. The number of thiazole rings is 1. The van der Waals surface area contributed by atoms with Crippen LogP contribution in [0.3, 0.4) is 0 Å². The summed E-state index contributed by atoms with van der Waals surface area (Å²) in [5.41, 5.74) is 3.32. The van der Waals surface area contributed by atoms with Gasteiger partial charge in [0.1, 0.15) is 10.0 Å². The molecule has 0 amide bonds. The number of sulfonamides is 1. The molecular weight excluding hydrogens is 538 g/mol. The highest BCUT2D eigenvalue weighted by Crippen LogP contribution is 2.41. The van der Waals surface area contributed by atoms with Crippen molar-refractivity contribution < 1.29 is 12.8 Å². The molecule has 1 aliphatic rings. The van der Waals surface area contributed by atoms with E-state index in [9.17, 15) is 12.8 Å². The Kier molecular flexibility index (Phi) is 6.21. The predicted octanol–water partition coefficient (Wildman–Crippen LogP) is 6.32. The summed E-state index contributed by atoms with van der Waals surface area (Å²) in [7, 11) is -3.99. The molecule has 0 spiro atoms. The zero-order valence-electron chi connectivity index (χ0n) is 17.2. The number of hydrogen-bond donors (Lipinski definition) is 1. The molecule has 0 fully saturated rings. The van der Waals surface area contributed by atoms with E-state index >= 15 is 0 Å². The van der Waals surface area contributed by atoms with Crippen LogP contribution in [0.15, 0.2) is 69.3 Å². The van der Waals surface area contributed by atoms with Crippen LogP contribution < -0.4 is 10.1 Å². The third kappa shape index (κ3) is 4.61. The van der Waals surface area contributed by atoms with Gasteiger partial charge in [-0.05, 0) is 35.9 Å². The normalized spacial score (nSPS) is 16.2. The van der Waals surface area contributed by atoms with E-state index < -0.39 is 10.0 Å². The van der Waals surface area contributed by atoms with Crippen LogP contribution in [-0.4, -0.2) is 19.1 Å². The molecular formula is C22H15Cl2FN4O2S3. The maximum Gasteiger partial charge on any atom is 0.248 e.